The second kappa shape index (κ2) is 4.03. The predicted molar refractivity (Wildman–Crippen MR) is 52.1 cm³/mol. The molecule has 1 saturated heterocycles. The molecule has 0 saturated carbocycles. The van der Waals surface area contributed by atoms with Gasteiger partial charge in [0.15, 0.2) is 11.6 Å². The molecule has 0 atom stereocenters. The van der Waals surface area contributed by atoms with Crippen LogP contribution >= 0.6 is 0 Å². The van der Waals surface area contributed by atoms with Crippen molar-refractivity contribution in [2.75, 3.05) is 18.0 Å². The first-order valence-electron chi connectivity index (χ1n) is 4.83. The van der Waals surface area contributed by atoms with Crippen LogP contribution in [0.1, 0.15) is 6.42 Å². The summed E-state index contributed by atoms with van der Waals surface area (Å²) in [5.74, 6) is -2.35. The minimum Gasteiger partial charge on any atom is -0.481 e. The van der Waals surface area contributed by atoms with E-state index in [1.165, 1.54) is 4.90 Å². The van der Waals surface area contributed by atoms with Gasteiger partial charge in [0.2, 0.25) is 0 Å². The first kappa shape index (κ1) is 10.8. The maximum atomic E-state index is 13.3. The van der Waals surface area contributed by atoms with Gasteiger partial charge in [-0.3, -0.25) is 9.78 Å². The Balaban J connectivity index is 2.04. The molecular formula is C10H10F2N2O2. The monoisotopic (exact) mass is 228 g/mol. The molecule has 0 aliphatic carbocycles. The van der Waals surface area contributed by atoms with E-state index in [1.54, 1.807) is 0 Å². The highest BCUT2D eigenvalue weighted by molar-refractivity contribution is 5.68. The van der Waals surface area contributed by atoms with Gasteiger partial charge in [-0.2, -0.15) is 0 Å². The Morgan fingerprint density at radius 2 is 2.00 bits per heavy atom. The highest BCUT2D eigenvalue weighted by atomic mass is 19.1. The fourth-order valence-electron chi connectivity index (χ4n) is 1.84. The topological polar surface area (TPSA) is 53.4 Å². The van der Waals surface area contributed by atoms with Gasteiger partial charge in [0, 0.05) is 19.0 Å². The van der Waals surface area contributed by atoms with Crippen LogP contribution in [0.4, 0.5) is 14.5 Å². The van der Waals surface area contributed by atoms with Crippen molar-refractivity contribution >= 4 is 11.7 Å². The molecule has 16 heavy (non-hydrogen) atoms. The number of carboxylic acid groups (broad SMARTS) is 1. The van der Waals surface area contributed by atoms with Crippen molar-refractivity contribution in [1.82, 2.24) is 4.98 Å². The SMILES string of the molecule is O=C(O)CC1CN(c2c(F)cncc2F)C1. The lowest BCUT2D eigenvalue weighted by molar-refractivity contribution is -0.138. The van der Waals surface area contributed by atoms with Crippen LogP contribution in [0, 0.1) is 17.6 Å². The summed E-state index contributed by atoms with van der Waals surface area (Å²) in [6.45, 7) is 0.730. The number of pyridine rings is 1. The molecule has 0 unspecified atom stereocenters. The van der Waals surface area contributed by atoms with Crippen molar-refractivity contribution in [2.45, 2.75) is 6.42 Å². The normalized spacial score (nSPS) is 16.0. The van der Waals surface area contributed by atoms with Gasteiger partial charge in [-0.1, -0.05) is 0 Å². The number of hydrogen-bond donors (Lipinski definition) is 1. The Morgan fingerprint density at radius 1 is 1.44 bits per heavy atom. The molecule has 6 heteroatoms. The number of rotatable bonds is 3. The standard InChI is InChI=1S/C10H10F2N2O2/c11-7-2-13-3-8(12)10(7)14-4-6(5-14)1-9(15)16/h2-3,6H,1,4-5H2,(H,15,16). The number of aliphatic carboxylic acids is 1. The smallest absolute Gasteiger partial charge is 0.303 e. The van der Waals surface area contributed by atoms with E-state index in [9.17, 15) is 13.6 Å². The summed E-state index contributed by atoms with van der Waals surface area (Å²) < 4.78 is 26.5. The van der Waals surface area contributed by atoms with Crippen LogP contribution in [-0.2, 0) is 4.79 Å². The summed E-state index contributed by atoms with van der Waals surface area (Å²) in [7, 11) is 0. The van der Waals surface area contributed by atoms with Gasteiger partial charge in [-0.15, -0.1) is 0 Å². The lowest BCUT2D eigenvalue weighted by atomic mass is 9.96. The van der Waals surface area contributed by atoms with Crippen molar-refractivity contribution < 1.29 is 18.7 Å². The van der Waals surface area contributed by atoms with Crippen molar-refractivity contribution in [2.24, 2.45) is 5.92 Å². The molecule has 0 radical (unpaired) electrons. The molecule has 1 aromatic heterocycles. The largest absolute Gasteiger partial charge is 0.481 e. The first-order valence-corrected chi connectivity index (χ1v) is 4.83. The fourth-order valence-corrected chi connectivity index (χ4v) is 1.84. The summed E-state index contributed by atoms with van der Waals surface area (Å²) in [6.07, 6.45) is 1.93. The van der Waals surface area contributed by atoms with Gasteiger partial charge in [0.25, 0.3) is 0 Å². The van der Waals surface area contributed by atoms with Gasteiger partial charge in [0.05, 0.1) is 18.8 Å². The number of nitrogens with zero attached hydrogens (tertiary/aromatic N) is 2. The zero-order chi connectivity index (χ0) is 11.7. The van der Waals surface area contributed by atoms with Crippen LogP contribution in [0.2, 0.25) is 0 Å². The van der Waals surface area contributed by atoms with E-state index in [4.69, 9.17) is 5.11 Å². The molecule has 0 bridgehead atoms. The van der Waals surface area contributed by atoms with E-state index in [1.807, 2.05) is 0 Å². The number of carbonyl (C=O) groups is 1. The molecular weight excluding hydrogens is 218 g/mol. The summed E-state index contributed by atoms with van der Waals surface area (Å²) >= 11 is 0. The van der Waals surface area contributed by atoms with Gasteiger partial charge in [0.1, 0.15) is 5.69 Å². The van der Waals surface area contributed by atoms with Crippen LogP contribution in [0.5, 0.6) is 0 Å². The molecule has 1 N–H and O–H groups in total. The maximum Gasteiger partial charge on any atom is 0.303 e. The second-order valence-corrected chi connectivity index (χ2v) is 3.82. The number of halogens is 2. The van der Waals surface area contributed by atoms with Crippen molar-refractivity contribution in [3.8, 4) is 0 Å². The minimum atomic E-state index is -0.889. The Hall–Kier alpha value is -1.72. The third-order valence-electron chi connectivity index (χ3n) is 2.56. The third-order valence-corrected chi connectivity index (χ3v) is 2.56. The number of carboxylic acids is 1. The first-order chi connectivity index (χ1) is 7.58. The average molecular weight is 228 g/mol. The Bertz CT molecular complexity index is 399. The van der Waals surface area contributed by atoms with Crippen LogP contribution in [0.25, 0.3) is 0 Å². The lowest BCUT2D eigenvalue weighted by Crippen LogP contribution is -2.48. The second-order valence-electron chi connectivity index (χ2n) is 3.82. The van der Waals surface area contributed by atoms with Crippen LogP contribution in [0.3, 0.4) is 0 Å². The van der Waals surface area contributed by atoms with Crippen LogP contribution < -0.4 is 4.90 Å². The van der Waals surface area contributed by atoms with Gasteiger partial charge < -0.3 is 10.0 Å². The zero-order valence-electron chi connectivity index (χ0n) is 8.36. The summed E-state index contributed by atoms with van der Waals surface area (Å²) in [4.78, 5) is 15.3. The fraction of sp³-hybridized carbons (Fsp3) is 0.400. The van der Waals surface area contributed by atoms with Crippen LogP contribution in [-0.4, -0.2) is 29.1 Å². The molecule has 1 aromatic rings. The van der Waals surface area contributed by atoms with E-state index >= 15 is 0 Å². The summed E-state index contributed by atoms with van der Waals surface area (Å²) in [6, 6.07) is 0. The minimum absolute atomic E-state index is 0.0326. The molecule has 4 nitrogen and oxygen atoms in total. The van der Waals surface area contributed by atoms with Gasteiger partial charge >= 0.3 is 5.97 Å². The molecule has 2 rings (SSSR count). The zero-order valence-corrected chi connectivity index (χ0v) is 8.36. The highest BCUT2D eigenvalue weighted by Gasteiger charge is 2.32. The van der Waals surface area contributed by atoms with Crippen molar-refractivity contribution in [1.29, 1.82) is 0 Å². The Morgan fingerprint density at radius 3 is 2.50 bits per heavy atom. The van der Waals surface area contributed by atoms with E-state index in [0.29, 0.717) is 13.1 Å². The summed E-state index contributed by atoms with van der Waals surface area (Å²) in [5, 5.41) is 8.54. The molecule has 1 fully saturated rings. The molecule has 1 aliphatic rings. The van der Waals surface area contributed by atoms with Crippen LogP contribution in [0.15, 0.2) is 12.4 Å². The van der Waals surface area contributed by atoms with Crippen molar-refractivity contribution in [3.05, 3.63) is 24.0 Å². The average Bonchev–Trinajstić information content (AvgIpc) is 2.12. The number of hydrogen-bond acceptors (Lipinski definition) is 3. The van der Waals surface area contributed by atoms with E-state index in [2.05, 4.69) is 4.98 Å². The van der Waals surface area contributed by atoms with Gasteiger partial charge in [-0.25, -0.2) is 8.78 Å². The maximum absolute atomic E-state index is 13.3. The highest BCUT2D eigenvalue weighted by Crippen LogP contribution is 2.30. The molecule has 1 aliphatic heterocycles. The lowest BCUT2D eigenvalue weighted by Gasteiger charge is -2.40. The number of anilines is 1. The van der Waals surface area contributed by atoms with Crippen molar-refractivity contribution in [3.63, 3.8) is 0 Å². The molecule has 86 valence electrons. The van der Waals surface area contributed by atoms with E-state index in [0.717, 1.165) is 12.4 Å². The third kappa shape index (κ3) is 1.95. The Kier molecular flexibility index (Phi) is 2.72. The van der Waals surface area contributed by atoms with E-state index < -0.39 is 17.6 Å². The predicted octanol–water partition coefficient (Wildman–Crippen LogP) is 1.27. The molecule has 0 amide bonds. The Labute approximate surface area is 90.5 Å². The quantitative estimate of drug-likeness (QED) is 0.846. The summed E-state index contributed by atoms with van der Waals surface area (Å²) in [5.41, 5.74) is -0.114. The van der Waals surface area contributed by atoms with Gasteiger partial charge in [-0.05, 0) is 0 Å². The molecule has 0 aromatic carbocycles. The molecule has 2 heterocycles. The number of aromatic nitrogens is 1. The van der Waals surface area contributed by atoms with E-state index in [-0.39, 0.29) is 18.0 Å². The molecule has 0 spiro atoms.